The van der Waals surface area contributed by atoms with Crippen LogP contribution in [0.25, 0.3) is 60.6 Å². The molecular formula is C39H30F5N2+. The summed E-state index contributed by atoms with van der Waals surface area (Å²) < 4.78 is 76.6. The normalized spacial score (nSPS) is 12.1. The molecule has 0 aliphatic heterocycles. The third kappa shape index (κ3) is 4.32. The van der Waals surface area contributed by atoms with Gasteiger partial charge in [0.25, 0.3) is 0 Å². The zero-order chi connectivity index (χ0) is 32.7. The molecule has 2 heterocycles. The molecule has 7 aromatic rings. The molecule has 0 saturated carbocycles. The number of hydrogen-bond donors (Lipinski definition) is 0. The van der Waals surface area contributed by atoms with Crippen LogP contribution >= 0.6 is 0 Å². The molecule has 0 N–H and O–H groups in total. The lowest BCUT2D eigenvalue weighted by molar-refractivity contribution is -0.659. The third-order valence-electron chi connectivity index (χ3n) is 8.94. The fraction of sp³-hybridized carbons (Fsp3) is 0.154. The Balaban J connectivity index is 1.64. The molecule has 0 aliphatic carbocycles. The van der Waals surface area contributed by atoms with E-state index in [4.69, 9.17) is 0 Å². The lowest BCUT2D eigenvalue weighted by Crippen LogP contribution is -2.31. The molecule has 2 nitrogen and oxygen atoms in total. The Hall–Kier alpha value is -5.04. The fourth-order valence-corrected chi connectivity index (χ4v) is 6.71. The van der Waals surface area contributed by atoms with E-state index in [9.17, 15) is 22.0 Å². The van der Waals surface area contributed by atoms with Crippen molar-refractivity contribution in [3.63, 3.8) is 0 Å². The topological polar surface area (TPSA) is 8.81 Å². The summed E-state index contributed by atoms with van der Waals surface area (Å²) >= 11 is 0. The van der Waals surface area contributed by atoms with Crippen molar-refractivity contribution in [3.05, 3.63) is 131 Å². The van der Waals surface area contributed by atoms with Gasteiger partial charge in [-0.2, -0.15) is 4.57 Å². The van der Waals surface area contributed by atoms with E-state index in [2.05, 4.69) is 55.0 Å². The smallest absolute Gasteiger partial charge is 0.237 e. The van der Waals surface area contributed by atoms with Crippen LogP contribution in [0.15, 0.2) is 91.1 Å². The predicted octanol–water partition coefficient (Wildman–Crippen LogP) is 10.4. The van der Waals surface area contributed by atoms with Crippen LogP contribution in [0.3, 0.4) is 0 Å². The van der Waals surface area contributed by atoms with Crippen LogP contribution in [0.5, 0.6) is 0 Å². The number of aryl methyl sites for hydroxylation is 2. The van der Waals surface area contributed by atoms with E-state index in [1.54, 1.807) is 6.07 Å². The Kier molecular flexibility index (Phi) is 6.78. The van der Waals surface area contributed by atoms with E-state index < -0.39 is 34.6 Å². The number of nitrogens with zero attached hydrogens (tertiary/aromatic N) is 2. The van der Waals surface area contributed by atoms with Gasteiger partial charge in [0, 0.05) is 22.5 Å². The molecule has 5 aromatic carbocycles. The van der Waals surface area contributed by atoms with Gasteiger partial charge in [-0.3, -0.25) is 0 Å². The Morgan fingerprint density at radius 1 is 0.630 bits per heavy atom. The number of halogens is 5. The van der Waals surface area contributed by atoms with Crippen LogP contribution in [0.2, 0.25) is 0 Å². The summed E-state index contributed by atoms with van der Waals surface area (Å²) in [4.78, 5) is 0. The molecule has 230 valence electrons. The van der Waals surface area contributed by atoms with Gasteiger partial charge in [-0.05, 0) is 70.1 Å². The SMILES string of the molecule is Cc1c(-c2c3c(cc[n+]2C)c2cc(-c4c(F)c(F)c(F)c(F)c4F)ccc2n3-c2ccccc2)cc(C(C)(C)C)c2ccccc12. The molecule has 0 saturated heterocycles. The maximum absolute atomic E-state index is 15.0. The average Bonchev–Trinajstić information content (AvgIpc) is 3.37. The van der Waals surface area contributed by atoms with Crippen molar-refractivity contribution >= 4 is 32.6 Å². The Morgan fingerprint density at radius 2 is 1.24 bits per heavy atom. The van der Waals surface area contributed by atoms with E-state index >= 15 is 0 Å². The average molecular weight is 622 g/mol. The molecule has 7 heteroatoms. The first-order valence-corrected chi connectivity index (χ1v) is 15.0. The van der Waals surface area contributed by atoms with Crippen LogP contribution in [0.4, 0.5) is 22.0 Å². The minimum atomic E-state index is -2.18. The molecule has 0 fully saturated rings. The van der Waals surface area contributed by atoms with Gasteiger partial charge in [-0.1, -0.05) is 69.3 Å². The molecule has 0 atom stereocenters. The van der Waals surface area contributed by atoms with Crippen molar-refractivity contribution in [1.29, 1.82) is 0 Å². The van der Waals surface area contributed by atoms with Crippen molar-refractivity contribution in [2.45, 2.75) is 33.1 Å². The number of aromatic nitrogens is 2. The van der Waals surface area contributed by atoms with Gasteiger partial charge >= 0.3 is 0 Å². The first-order valence-electron chi connectivity index (χ1n) is 15.0. The van der Waals surface area contributed by atoms with Gasteiger partial charge in [0.2, 0.25) is 11.5 Å². The second-order valence-corrected chi connectivity index (χ2v) is 12.8. The standard InChI is InChI=1S/C39H30F5N2/c1-21-24-13-9-10-14-25(24)29(39(2,3)4)20-27(21)37-38-26(17-18-45(37)5)28-19-22(31-32(40)34(42)36(44)35(43)33(31)41)15-16-30(28)46(38)23-11-7-6-8-12-23/h6-20H,1-5H3/q+1. The predicted molar refractivity (Wildman–Crippen MR) is 174 cm³/mol. The highest BCUT2D eigenvalue weighted by molar-refractivity contribution is 6.14. The van der Waals surface area contributed by atoms with Gasteiger partial charge in [0.1, 0.15) is 12.6 Å². The van der Waals surface area contributed by atoms with Gasteiger partial charge in [0.05, 0.1) is 16.6 Å². The summed E-state index contributed by atoms with van der Waals surface area (Å²) in [7, 11) is 1.98. The maximum atomic E-state index is 15.0. The molecule has 7 rings (SSSR count). The monoisotopic (exact) mass is 621 g/mol. The van der Waals surface area contributed by atoms with Crippen molar-refractivity contribution < 1.29 is 26.5 Å². The molecule has 2 aromatic heterocycles. The van der Waals surface area contributed by atoms with Crippen molar-refractivity contribution in [1.82, 2.24) is 4.57 Å². The lowest BCUT2D eigenvalue weighted by Gasteiger charge is -2.24. The van der Waals surface area contributed by atoms with Crippen molar-refractivity contribution in [2.24, 2.45) is 7.05 Å². The molecule has 0 radical (unpaired) electrons. The zero-order valence-corrected chi connectivity index (χ0v) is 25.9. The minimum Gasteiger partial charge on any atom is -0.303 e. The first-order chi connectivity index (χ1) is 21.9. The number of hydrogen-bond acceptors (Lipinski definition) is 0. The van der Waals surface area contributed by atoms with Gasteiger partial charge in [-0.25, -0.2) is 22.0 Å². The van der Waals surface area contributed by atoms with E-state index in [0.29, 0.717) is 5.39 Å². The largest absolute Gasteiger partial charge is 0.303 e. The molecular weight excluding hydrogens is 591 g/mol. The molecule has 46 heavy (non-hydrogen) atoms. The molecule has 0 bridgehead atoms. The quantitative estimate of drug-likeness (QED) is 0.0804. The molecule has 0 amide bonds. The number of pyridine rings is 1. The van der Waals surface area contributed by atoms with Crippen LogP contribution in [-0.2, 0) is 12.5 Å². The Labute approximate surface area is 263 Å². The van der Waals surface area contributed by atoms with Crippen LogP contribution in [0, 0.1) is 36.0 Å². The summed E-state index contributed by atoms with van der Waals surface area (Å²) in [6.07, 6.45) is 1.93. The van der Waals surface area contributed by atoms with Gasteiger partial charge < -0.3 is 4.57 Å². The lowest BCUT2D eigenvalue weighted by atomic mass is 9.80. The molecule has 0 aliphatic rings. The van der Waals surface area contributed by atoms with E-state index in [0.717, 1.165) is 44.3 Å². The summed E-state index contributed by atoms with van der Waals surface area (Å²) in [6, 6.07) is 26.8. The maximum Gasteiger partial charge on any atom is 0.237 e. The number of para-hydroxylation sites is 1. The fourth-order valence-electron chi connectivity index (χ4n) is 6.71. The van der Waals surface area contributed by atoms with Crippen LogP contribution in [0.1, 0.15) is 31.9 Å². The van der Waals surface area contributed by atoms with Gasteiger partial charge in [0.15, 0.2) is 29.5 Å². The Bertz CT molecular complexity index is 2340. The molecule has 0 unspecified atom stereocenters. The summed E-state index contributed by atoms with van der Waals surface area (Å²) in [6.45, 7) is 8.68. The van der Waals surface area contributed by atoms with Crippen LogP contribution < -0.4 is 4.57 Å². The number of rotatable bonds is 3. The zero-order valence-electron chi connectivity index (χ0n) is 25.9. The third-order valence-corrected chi connectivity index (χ3v) is 8.94. The number of benzene rings is 5. The second-order valence-electron chi connectivity index (χ2n) is 12.8. The Morgan fingerprint density at radius 3 is 1.89 bits per heavy atom. The first kappa shape index (κ1) is 29.7. The molecule has 0 spiro atoms. The minimum absolute atomic E-state index is 0.112. The summed E-state index contributed by atoms with van der Waals surface area (Å²) in [5, 5.41) is 3.69. The highest BCUT2D eigenvalue weighted by Crippen LogP contribution is 2.43. The van der Waals surface area contributed by atoms with Crippen LogP contribution in [-0.4, -0.2) is 4.57 Å². The summed E-state index contributed by atoms with van der Waals surface area (Å²) in [5.41, 5.74) is 5.42. The number of fused-ring (bicyclic) bond motifs is 4. The van der Waals surface area contributed by atoms with E-state index in [1.165, 1.54) is 23.1 Å². The highest BCUT2D eigenvalue weighted by atomic mass is 19.2. The van der Waals surface area contributed by atoms with Crippen molar-refractivity contribution in [3.8, 4) is 28.1 Å². The summed E-state index contributed by atoms with van der Waals surface area (Å²) in [5.74, 6) is -9.86. The van der Waals surface area contributed by atoms with Crippen molar-refractivity contribution in [2.75, 3.05) is 0 Å². The van der Waals surface area contributed by atoms with E-state index in [1.807, 2.05) is 61.8 Å². The van der Waals surface area contributed by atoms with E-state index in [-0.39, 0.29) is 11.0 Å². The highest BCUT2D eigenvalue weighted by Gasteiger charge is 2.30. The van der Waals surface area contributed by atoms with Gasteiger partial charge in [-0.15, -0.1) is 0 Å². The second kappa shape index (κ2) is 10.5.